The maximum Gasteiger partial charge on any atom is 0.142 e. The Hall–Kier alpha value is -1.23. The van der Waals surface area contributed by atoms with Crippen molar-refractivity contribution in [2.75, 3.05) is 31.7 Å². The van der Waals surface area contributed by atoms with Crippen LogP contribution in [-0.2, 0) is 0 Å². The molecule has 0 saturated carbocycles. The maximum atomic E-state index is 5.73. The van der Waals surface area contributed by atoms with Gasteiger partial charge < -0.3 is 16.0 Å². The van der Waals surface area contributed by atoms with E-state index in [0.29, 0.717) is 17.8 Å². The topological polar surface area (TPSA) is 70.0 Å². The van der Waals surface area contributed by atoms with Crippen molar-refractivity contribution in [2.24, 2.45) is 5.92 Å². The highest BCUT2D eigenvalue weighted by molar-refractivity contribution is 5.60. The Morgan fingerprint density at radius 3 is 2.60 bits per heavy atom. The summed E-state index contributed by atoms with van der Waals surface area (Å²) < 4.78 is 0. The van der Waals surface area contributed by atoms with Crippen molar-refractivity contribution >= 4 is 11.5 Å². The smallest absolute Gasteiger partial charge is 0.142 e. The molecule has 1 aromatic rings. The Labute approximate surface area is 91.0 Å². The molecular formula is C10H21N5. The molecule has 1 heterocycles. The van der Waals surface area contributed by atoms with Crippen LogP contribution in [0.4, 0.5) is 11.5 Å². The van der Waals surface area contributed by atoms with E-state index in [9.17, 15) is 0 Å². The van der Waals surface area contributed by atoms with Crippen LogP contribution in [0.2, 0.25) is 0 Å². The largest absolute Gasteiger partial charge is 0.382 e. The molecule has 1 rings (SSSR count). The second kappa shape index (κ2) is 5.02. The molecule has 0 radical (unpaired) electrons. The summed E-state index contributed by atoms with van der Waals surface area (Å²) in [6, 6.07) is 0.375. The van der Waals surface area contributed by atoms with Crippen LogP contribution in [0.1, 0.15) is 13.8 Å². The van der Waals surface area contributed by atoms with Gasteiger partial charge in [0.25, 0.3) is 0 Å². The maximum absolute atomic E-state index is 5.73. The number of hydrogen-bond donors (Lipinski definition) is 3. The van der Waals surface area contributed by atoms with Crippen molar-refractivity contribution in [3.8, 4) is 0 Å². The fraction of sp³-hybridized carbons (Fsp3) is 0.700. The minimum atomic E-state index is 0.375. The number of rotatable bonds is 5. The molecule has 1 atom stereocenters. The standard InChI is InChI=1S/C10H21N5/c1-7(2)9(6-15(3)4)13-8-5-12-14-10(8)11/h5,7,9,13H,6H2,1-4H3,(H3,11,12,14). The monoisotopic (exact) mass is 211 g/mol. The number of aromatic amines is 1. The molecular weight excluding hydrogens is 190 g/mol. The van der Waals surface area contributed by atoms with Crippen LogP contribution in [0.15, 0.2) is 6.20 Å². The van der Waals surface area contributed by atoms with Gasteiger partial charge >= 0.3 is 0 Å². The number of H-pyrrole nitrogens is 1. The predicted octanol–water partition coefficient (Wildman–Crippen LogP) is 0.990. The molecule has 0 aromatic carbocycles. The Morgan fingerprint density at radius 2 is 2.20 bits per heavy atom. The molecule has 1 aromatic heterocycles. The Morgan fingerprint density at radius 1 is 1.53 bits per heavy atom. The van der Waals surface area contributed by atoms with Crippen molar-refractivity contribution in [3.05, 3.63) is 6.20 Å². The van der Waals surface area contributed by atoms with Gasteiger partial charge in [0.1, 0.15) is 5.82 Å². The number of nitrogen functional groups attached to an aromatic ring is 1. The third kappa shape index (κ3) is 3.43. The van der Waals surface area contributed by atoms with Gasteiger partial charge in [0, 0.05) is 12.6 Å². The normalized spacial score (nSPS) is 13.5. The number of nitrogens with zero attached hydrogens (tertiary/aromatic N) is 2. The highest BCUT2D eigenvalue weighted by Gasteiger charge is 2.15. The van der Waals surface area contributed by atoms with Crippen molar-refractivity contribution in [1.82, 2.24) is 15.1 Å². The third-order valence-corrected chi connectivity index (χ3v) is 2.38. The van der Waals surface area contributed by atoms with Gasteiger partial charge in [0.15, 0.2) is 0 Å². The fourth-order valence-corrected chi connectivity index (χ4v) is 1.43. The molecule has 5 heteroatoms. The molecule has 0 fully saturated rings. The van der Waals surface area contributed by atoms with E-state index in [1.54, 1.807) is 6.20 Å². The zero-order valence-corrected chi connectivity index (χ0v) is 9.91. The van der Waals surface area contributed by atoms with E-state index in [1.165, 1.54) is 0 Å². The third-order valence-electron chi connectivity index (χ3n) is 2.38. The van der Waals surface area contributed by atoms with Crippen molar-refractivity contribution < 1.29 is 0 Å². The first-order valence-electron chi connectivity index (χ1n) is 5.20. The van der Waals surface area contributed by atoms with Crippen LogP contribution in [0, 0.1) is 5.92 Å². The summed E-state index contributed by atoms with van der Waals surface area (Å²) in [6.07, 6.45) is 1.72. The van der Waals surface area contributed by atoms with E-state index in [0.717, 1.165) is 12.2 Å². The fourth-order valence-electron chi connectivity index (χ4n) is 1.43. The van der Waals surface area contributed by atoms with Crippen LogP contribution < -0.4 is 11.1 Å². The van der Waals surface area contributed by atoms with Crippen molar-refractivity contribution in [3.63, 3.8) is 0 Å². The first-order chi connectivity index (χ1) is 7.00. The summed E-state index contributed by atoms with van der Waals surface area (Å²) >= 11 is 0. The van der Waals surface area contributed by atoms with Gasteiger partial charge in [-0.05, 0) is 20.0 Å². The average Bonchev–Trinajstić information content (AvgIpc) is 2.50. The molecule has 0 bridgehead atoms. The van der Waals surface area contributed by atoms with Gasteiger partial charge in [-0.15, -0.1) is 0 Å². The quantitative estimate of drug-likeness (QED) is 0.679. The lowest BCUT2D eigenvalue weighted by molar-refractivity contribution is 0.344. The highest BCUT2D eigenvalue weighted by Crippen LogP contribution is 2.17. The van der Waals surface area contributed by atoms with Crippen LogP contribution in [-0.4, -0.2) is 41.8 Å². The van der Waals surface area contributed by atoms with Gasteiger partial charge in [0.05, 0.1) is 11.9 Å². The van der Waals surface area contributed by atoms with Crippen LogP contribution in [0.25, 0.3) is 0 Å². The minimum Gasteiger partial charge on any atom is -0.382 e. The van der Waals surface area contributed by atoms with Crippen molar-refractivity contribution in [2.45, 2.75) is 19.9 Å². The zero-order valence-electron chi connectivity index (χ0n) is 9.91. The number of likely N-dealkylation sites (N-methyl/N-ethyl adjacent to an activating group) is 1. The highest BCUT2D eigenvalue weighted by atomic mass is 15.2. The number of nitrogens with two attached hydrogens (primary N) is 1. The van der Waals surface area contributed by atoms with Gasteiger partial charge in [-0.1, -0.05) is 13.8 Å². The molecule has 4 N–H and O–H groups in total. The SMILES string of the molecule is CC(C)C(CN(C)C)Nc1cn[nH]c1N. The molecule has 0 spiro atoms. The predicted molar refractivity (Wildman–Crippen MR) is 63.8 cm³/mol. The molecule has 86 valence electrons. The summed E-state index contributed by atoms with van der Waals surface area (Å²) in [5, 5.41) is 10.0. The number of hydrogen-bond acceptors (Lipinski definition) is 4. The van der Waals surface area contributed by atoms with Gasteiger partial charge in [-0.2, -0.15) is 5.10 Å². The molecule has 0 aliphatic heterocycles. The van der Waals surface area contributed by atoms with E-state index in [1.807, 2.05) is 0 Å². The summed E-state index contributed by atoms with van der Waals surface area (Å²) in [7, 11) is 4.13. The van der Waals surface area contributed by atoms with E-state index in [4.69, 9.17) is 5.73 Å². The summed E-state index contributed by atoms with van der Waals surface area (Å²) in [6.45, 7) is 5.36. The van der Waals surface area contributed by atoms with E-state index < -0.39 is 0 Å². The molecule has 5 nitrogen and oxygen atoms in total. The molecule has 0 aliphatic rings. The second-order valence-electron chi connectivity index (χ2n) is 4.45. The van der Waals surface area contributed by atoms with Crippen molar-refractivity contribution in [1.29, 1.82) is 0 Å². The van der Waals surface area contributed by atoms with Crippen LogP contribution in [0.3, 0.4) is 0 Å². The lowest BCUT2D eigenvalue weighted by Crippen LogP contribution is -2.36. The number of aromatic nitrogens is 2. The number of nitrogens with one attached hydrogen (secondary N) is 2. The van der Waals surface area contributed by atoms with Crippen LogP contribution >= 0.6 is 0 Å². The van der Waals surface area contributed by atoms with E-state index >= 15 is 0 Å². The zero-order chi connectivity index (χ0) is 11.4. The average molecular weight is 211 g/mol. The summed E-state index contributed by atoms with van der Waals surface area (Å²) in [5.74, 6) is 1.14. The lowest BCUT2D eigenvalue weighted by atomic mass is 10.0. The summed E-state index contributed by atoms with van der Waals surface area (Å²) in [4.78, 5) is 2.16. The Kier molecular flexibility index (Phi) is 3.96. The lowest BCUT2D eigenvalue weighted by Gasteiger charge is -2.26. The van der Waals surface area contributed by atoms with E-state index in [2.05, 4.69) is 48.4 Å². The Balaban J connectivity index is 2.63. The summed E-state index contributed by atoms with van der Waals surface area (Å²) in [5.41, 5.74) is 6.61. The first-order valence-corrected chi connectivity index (χ1v) is 5.20. The van der Waals surface area contributed by atoms with Gasteiger partial charge in [-0.3, -0.25) is 5.10 Å². The number of anilines is 2. The second-order valence-corrected chi connectivity index (χ2v) is 4.45. The minimum absolute atomic E-state index is 0.375. The molecule has 15 heavy (non-hydrogen) atoms. The van der Waals surface area contributed by atoms with Crippen LogP contribution in [0.5, 0.6) is 0 Å². The van der Waals surface area contributed by atoms with Gasteiger partial charge in [0.2, 0.25) is 0 Å². The Bertz CT molecular complexity index is 292. The molecule has 0 saturated heterocycles. The van der Waals surface area contributed by atoms with E-state index in [-0.39, 0.29) is 0 Å². The molecule has 1 unspecified atom stereocenters. The molecule has 0 amide bonds. The molecule has 0 aliphatic carbocycles. The van der Waals surface area contributed by atoms with Gasteiger partial charge in [-0.25, -0.2) is 0 Å². The first kappa shape index (κ1) is 11.8.